The maximum Gasteiger partial charge on any atom is 0.0795 e. The summed E-state index contributed by atoms with van der Waals surface area (Å²) in [7, 11) is 0. The monoisotopic (exact) mass is 727 g/mol. The molecule has 0 amide bonds. The molecule has 0 N–H and O–H groups in total. The lowest BCUT2D eigenvalue weighted by Gasteiger charge is -2.26. The maximum absolute atomic E-state index is 2.54. The van der Waals surface area contributed by atoms with Gasteiger partial charge in [-0.1, -0.05) is 121 Å². The van der Waals surface area contributed by atoms with Crippen molar-refractivity contribution in [2.24, 2.45) is 0 Å². The van der Waals surface area contributed by atoms with Crippen molar-refractivity contribution in [1.29, 1.82) is 0 Å². The number of anilines is 3. The van der Waals surface area contributed by atoms with Gasteiger partial charge in [0.15, 0.2) is 0 Å². The van der Waals surface area contributed by atoms with E-state index in [0.717, 1.165) is 41.3 Å². The van der Waals surface area contributed by atoms with Crippen LogP contribution in [0.15, 0.2) is 200 Å². The van der Waals surface area contributed by atoms with Gasteiger partial charge < -0.3 is 14.0 Å². The van der Waals surface area contributed by atoms with Crippen LogP contribution in [-0.2, 0) is 12.8 Å². The molecular formula is C54H37N3. The van der Waals surface area contributed by atoms with Gasteiger partial charge in [-0.15, -0.1) is 0 Å². The van der Waals surface area contributed by atoms with Crippen LogP contribution in [0.4, 0.5) is 17.1 Å². The van der Waals surface area contributed by atoms with Crippen LogP contribution in [0.1, 0.15) is 22.3 Å². The summed E-state index contributed by atoms with van der Waals surface area (Å²) < 4.78 is 5.05. The lowest BCUT2D eigenvalue weighted by molar-refractivity contribution is 1.01. The topological polar surface area (TPSA) is 13.1 Å². The average molecular weight is 728 g/mol. The highest BCUT2D eigenvalue weighted by atomic mass is 15.1. The molecule has 0 radical (unpaired) electrons. The molecule has 0 saturated heterocycles. The first-order valence-corrected chi connectivity index (χ1v) is 19.9. The molecule has 2 aromatic heterocycles. The lowest BCUT2D eigenvalue weighted by Crippen LogP contribution is -2.10. The summed E-state index contributed by atoms with van der Waals surface area (Å²) in [6.07, 6.45) is 1.90. The van der Waals surface area contributed by atoms with E-state index < -0.39 is 0 Å². The first-order chi connectivity index (χ1) is 28.3. The summed E-state index contributed by atoms with van der Waals surface area (Å²) in [6, 6.07) is 73.4. The van der Waals surface area contributed by atoms with Crippen LogP contribution in [0.2, 0.25) is 0 Å². The van der Waals surface area contributed by atoms with Crippen molar-refractivity contribution in [1.82, 2.24) is 9.13 Å². The molecule has 0 saturated carbocycles. The second-order valence-electron chi connectivity index (χ2n) is 15.3. The standard InChI is InChI=1S/C54H37N3/c1-4-19-40(20-5-1)55(41-21-6-2-7-22-41)43-25-16-26-44(35-43)57-50-30-15-13-28-46(50)52-48-34-39-32-37-18-11-10-17-36(37)31-38(39)33-47(48)51-45-27-12-14-29-49(45)56(53(51)54(52)57)42-23-8-3-9-24-42/h1-30,33-35H,31-32H2. The molecule has 0 spiro atoms. The first kappa shape index (κ1) is 31.9. The van der Waals surface area contributed by atoms with E-state index in [1.54, 1.807) is 0 Å². The van der Waals surface area contributed by atoms with Gasteiger partial charge in [0.05, 0.1) is 22.1 Å². The molecule has 3 heteroatoms. The molecule has 0 unspecified atom stereocenters. The van der Waals surface area contributed by atoms with Gasteiger partial charge in [0, 0.05) is 50.0 Å². The number of fused-ring (bicyclic) bond motifs is 12. The van der Waals surface area contributed by atoms with Gasteiger partial charge >= 0.3 is 0 Å². The van der Waals surface area contributed by atoms with Gasteiger partial charge in [-0.25, -0.2) is 0 Å². The Bertz CT molecular complexity index is 3300. The molecule has 0 fully saturated rings. The van der Waals surface area contributed by atoms with E-state index in [9.17, 15) is 0 Å². The van der Waals surface area contributed by atoms with E-state index in [-0.39, 0.29) is 0 Å². The Balaban J connectivity index is 1.25. The number of aromatic nitrogens is 2. The van der Waals surface area contributed by atoms with Crippen molar-refractivity contribution in [3.05, 3.63) is 222 Å². The van der Waals surface area contributed by atoms with E-state index >= 15 is 0 Å². The van der Waals surface area contributed by atoms with Crippen LogP contribution in [-0.4, -0.2) is 9.13 Å². The smallest absolute Gasteiger partial charge is 0.0795 e. The van der Waals surface area contributed by atoms with Crippen molar-refractivity contribution >= 4 is 71.4 Å². The Morgan fingerprint density at radius 3 is 1.28 bits per heavy atom. The van der Waals surface area contributed by atoms with Gasteiger partial charge in [-0.05, 0) is 125 Å². The molecule has 3 nitrogen and oxygen atoms in total. The van der Waals surface area contributed by atoms with Crippen LogP contribution < -0.4 is 4.90 Å². The highest BCUT2D eigenvalue weighted by Gasteiger charge is 2.27. The summed E-state index contributed by atoms with van der Waals surface area (Å²) >= 11 is 0. The third kappa shape index (κ3) is 4.85. The summed E-state index contributed by atoms with van der Waals surface area (Å²) in [6.45, 7) is 0. The molecule has 268 valence electrons. The van der Waals surface area contributed by atoms with Gasteiger partial charge in [-0.2, -0.15) is 0 Å². The van der Waals surface area contributed by atoms with Gasteiger partial charge in [0.1, 0.15) is 0 Å². The Kier molecular flexibility index (Phi) is 7.05. The van der Waals surface area contributed by atoms with Crippen LogP contribution in [0.25, 0.3) is 65.8 Å². The number of hydrogen-bond donors (Lipinski definition) is 0. The first-order valence-electron chi connectivity index (χ1n) is 19.9. The van der Waals surface area contributed by atoms with E-state index in [2.05, 4.69) is 214 Å². The minimum Gasteiger partial charge on any atom is -0.310 e. The SMILES string of the molecule is c1ccc(N(c2ccccc2)c2cccc(-n3c4ccccc4c4c5cc6c(cc5c5c7ccccc7n(-c7ccccc7)c5c43)Cc3ccccc3C6)c2)cc1. The molecule has 0 atom stereocenters. The Morgan fingerprint density at radius 2 is 0.737 bits per heavy atom. The number of hydrogen-bond acceptors (Lipinski definition) is 1. The highest BCUT2D eigenvalue weighted by Crippen LogP contribution is 2.48. The zero-order valence-electron chi connectivity index (χ0n) is 31.3. The maximum atomic E-state index is 2.54. The fourth-order valence-corrected chi connectivity index (χ4v) is 9.70. The Morgan fingerprint density at radius 1 is 0.316 bits per heavy atom. The lowest BCUT2D eigenvalue weighted by atomic mass is 9.83. The number of rotatable bonds is 5. The van der Waals surface area contributed by atoms with Crippen molar-refractivity contribution in [2.45, 2.75) is 12.8 Å². The largest absolute Gasteiger partial charge is 0.310 e. The molecule has 1 aliphatic carbocycles. The molecule has 0 aliphatic heterocycles. The van der Waals surface area contributed by atoms with Crippen molar-refractivity contribution in [2.75, 3.05) is 4.90 Å². The summed E-state index contributed by atoms with van der Waals surface area (Å²) in [5.74, 6) is 0. The quantitative estimate of drug-likeness (QED) is 0.172. The molecule has 9 aromatic carbocycles. The van der Waals surface area contributed by atoms with E-state index in [1.807, 2.05) is 0 Å². The van der Waals surface area contributed by atoms with E-state index in [1.165, 1.54) is 76.6 Å². The van der Waals surface area contributed by atoms with Crippen LogP contribution in [0.5, 0.6) is 0 Å². The molecule has 12 rings (SSSR count). The fraction of sp³-hybridized carbons (Fsp3) is 0.0370. The van der Waals surface area contributed by atoms with Crippen LogP contribution in [0.3, 0.4) is 0 Å². The second-order valence-corrected chi connectivity index (χ2v) is 15.3. The molecule has 1 aliphatic rings. The molecule has 11 aromatic rings. The number of nitrogens with zero attached hydrogens (tertiary/aromatic N) is 3. The second kappa shape index (κ2) is 12.6. The minimum atomic E-state index is 0.947. The van der Waals surface area contributed by atoms with Crippen LogP contribution >= 0.6 is 0 Å². The third-order valence-corrected chi connectivity index (χ3v) is 12.1. The van der Waals surface area contributed by atoms with Crippen molar-refractivity contribution in [3.8, 4) is 11.4 Å². The Labute approximate surface area is 330 Å². The normalized spacial score (nSPS) is 12.4. The fourth-order valence-electron chi connectivity index (χ4n) is 9.70. The molecule has 57 heavy (non-hydrogen) atoms. The van der Waals surface area contributed by atoms with Crippen molar-refractivity contribution in [3.63, 3.8) is 0 Å². The van der Waals surface area contributed by atoms with Gasteiger partial charge in [0.2, 0.25) is 0 Å². The number of para-hydroxylation sites is 5. The summed E-state index contributed by atoms with van der Waals surface area (Å²) in [5.41, 5.74) is 16.2. The Hall–Kier alpha value is -7.36. The third-order valence-electron chi connectivity index (χ3n) is 12.1. The summed E-state index contributed by atoms with van der Waals surface area (Å²) in [5, 5.41) is 7.75. The van der Waals surface area contributed by atoms with E-state index in [4.69, 9.17) is 0 Å². The predicted molar refractivity (Wildman–Crippen MR) is 239 cm³/mol. The summed E-state index contributed by atoms with van der Waals surface area (Å²) in [4.78, 5) is 2.35. The number of benzene rings is 9. The molecule has 2 heterocycles. The minimum absolute atomic E-state index is 0.947. The van der Waals surface area contributed by atoms with Crippen LogP contribution in [0, 0.1) is 0 Å². The van der Waals surface area contributed by atoms with E-state index in [0.29, 0.717) is 0 Å². The molecule has 0 bridgehead atoms. The predicted octanol–water partition coefficient (Wildman–Crippen LogP) is 14.0. The highest BCUT2D eigenvalue weighted by molar-refractivity contribution is 6.36. The van der Waals surface area contributed by atoms with Crippen molar-refractivity contribution < 1.29 is 0 Å². The zero-order valence-corrected chi connectivity index (χ0v) is 31.3. The van der Waals surface area contributed by atoms with Gasteiger partial charge in [-0.3, -0.25) is 0 Å². The molecular weight excluding hydrogens is 691 g/mol. The zero-order chi connectivity index (χ0) is 37.5. The van der Waals surface area contributed by atoms with Gasteiger partial charge in [0.25, 0.3) is 0 Å². The average Bonchev–Trinajstić information content (AvgIpc) is 3.81.